The standard InChI is InChI=1S/C12H16N2O/c1-8-6-10(13-9-2-3-9)7-12(15)14(8)11-4-5-11/h6-7,9,11,13H,2-5H2,1H3. The Kier molecular flexibility index (Phi) is 1.87. The van der Waals surface area contributed by atoms with E-state index in [9.17, 15) is 4.79 Å². The molecule has 0 unspecified atom stereocenters. The summed E-state index contributed by atoms with van der Waals surface area (Å²) < 4.78 is 1.93. The summed E-state index contributed by atoms with van der Waals surface area (Å²) in [5.74, 6) is 0. The highest BCUT2D eigenvalue weighted by Crippen LogP contribution is 2.35. The number of nitrogens with zero attached hydrogens (tertiary/aromatic N) is 1. The summed E-state index contributed by atoms with van der Waals surface area (Å²) in [4.78, 5) is 11.9. The average Bonchev–Trinajstić information content (AvgIpc) is 2.94. The first-order valence-corrected chi connectivity index (χ1v) is 5.74. The van der Waals surface area contributed by atoms with Gasteiger partial charge in [0.1, 0.15) is 0 Å². The van der Waals surface area contributed by atoms with E-state index in [0.717, 1.165) is 24.2 Å². The highest BCUT2D eigenvalue weighted by Gasteiger charge is 2.26. The van der Waals surface area contributed by atoms with Gasteiger partial charge in [0.05, 0.1) is 0 Å². The van der Waals surface area contributed by atoms with Gasteiger partial charge in [0.2, 0.25) is 0 Å². The van der Waals surface area contributed by atoms with Gasteiger partial charge in [0, 0.05) is 29.5 Å². The Bertz CT molecular complexity index is 441. The van der Waals surface area contributed by atoms with Crippen molar-refractivity contribution in [3.63, 3.8) is 0 Å². The van der Waals surface area contributed by atoms with Crippen LogP contribution in [0.1, 0.15) is 37.4 Å². The second kappa shape index (κ2) is 3.12. The van der Waals surface area contributed by atoms with Crippen molar-refractivity contribution in [2.24, 2.45) is 0 Å². The molecule has 0 aromatic carbocycles. The zero-order valence-corrected chi connectivity index (χ0v) is 8.99. The van der Waals surface area contributed by atoms with E-state index >= 15 is 0 Å². The first-order valence-electron chi connectivity index (χ1n) is 5.74. The maximum Gasteiger partial charge on any atom is 0.253 e. The van der Waals surface area contributed by atoms with Crippen LogP contribution in [0, 0.1) is 6.92 Å². The van der Waals surface area contributed by atoms with Gasteiger partial charge in [-0.05, 0) is 38.7 Å². The average molecular weight is 204 g/mol. The van der Waals surface area contributed by atoms with Gasteiger partial charge in [0.25, 0.3) is 5.56 Å². The molecule has 3 heteroatoms. The normalized spacial score (nSPS) is 20.3. The number of anilines is 1. The number of hydrogen-bond acceptors (Lipinski definition) is 2. The zero-order valence-electron chi connectivity index (χ0n) is 8.99. The molecule has 0 radical (unpaired) electrons. The highest BCUT2D eigenvalue weighted by molar-refractivity contribution is 5.45. The molecule has 15 heavy (non-hydrogen) atoms. The second-order valence-corrected chi connectivity index (χ2v) is 4.74. The van der Waals surface area contributed by atoms with E-state index in [-0.39, 0.29) is 5.56 Å². The molecule has 2 fully saturated rings. The molecule has 0 amide bonds. The Labute approximate surface area is 89.1 Å². The first-order chi connectivity index (χ1) is 7.24. The summed E-state index contributed by atoms with van der Waals surface area (Å²) in [6.45, 7) is 2.03. The summed E-state index contributed by atoms with van der Waals surface area (Å²) in [6.07, 6.45) is 4.81. The Morgan fingerprint density at radius 1 is 1.27 bits per heavy atom. The van der Waals surface area contributed by atoms with E-state index in [1.165, 1.54) is 12.8 Å². The summed E-state index contributed by atoms with van der Waals surface area (Å²) in [5.41, 5.74) is 2.24. The van der Waals surface area contributed by atoms with Gasteiger partial charge >= 0.3 is 0 Å². The van der Waals surface area contributed by atoms with Crippen LogP contribution in [0.25, 0.3) is 0 Å². The lowest BCUT2D eigenvalue weighted by molar-refractivity contribution is 0.682. The Hall–Kier alpha value is -1.25. The minimum absolute atomic E-state index is 0.153. The van der Waals surface area contributed by atoms with E-state index in [2.05, 4.69) is 11.4 Å². The van der Waals surface area contributed by atoms with Crippen molar-refractivity contribution in [3.05, 3.63) is 28.2 Å². The molecule has 3 rings (SSSR count). The molecular weight excluding hydrogens is 188 g/mol. The third-order valence-corrected chi connectivity index (χ3v) is 3.12. The van der Waals surface area contributed by atoms with Crippen LogP contribution in [0.2, 0.25) is 0 Å². The smallest absolute Gasteiger partial charge is 0.253 e. The third kappa shape index (κ3) is 1.78. The SMILES string of the molecule is Cc1cc(NC2CC2)cc(=O)n1C1CC1. The lowest BCUT2D eigenvalue weighted by Crippen LogP contribution is -2.21. The molecule has 0 saturated heterocycles. The lowest BCUT2D eigenvalue weighted by atomic mass is 10.3. The molecule has 1 heterocycles. The fourth-order valence-electron chi connectivity index (χ4n) is 2.06. The molecule has 1 aromatic rings. The summed E-state index contributed by atoms with van der Waals surface area (Å²) in [5, 5.41) is 3.37. The Morgan fingerprint density at radius 3 is 2.53 bits per heavy atom. The lowest BCUT2D eigenvalue weighted by Gasteiger charge is -2.11. The number of pyridine rings is 1. The molecule has 3 nitrogen and oxygen atoms in total. The number of nitrogens with one attached hydrogen (secondary N) is 1. The molecule has 1 N–H and O–H groups in total. The van der Waals surface area contributed by atoms with Gasteiger partial charge < -0.3 is 9.88 Å². The van der Waals surface area contributed by atoms with Gasteiger partial charge in [-0.25, -0.2) is 0 Å². The fourth-order valence-corrected chi connectivity index (χ4v) is 2.06. The Balaban J connectivity index is 1.94. The van der Waals surface area contributed by atoms with Crippen molar-refractivity contribution < 1.29 is 0 Å². The van der Waals surface area contributed by atoms with Crippen LogP contribution in [0.15, 0.2) is 16.9 Å². The predicted octanol–water partition coefficient (Wildman–Crippen LogP) is 2.07. The molecular formula is C12H16N2O. The van der Waals surface area contributed by atoms with Crippen LogP contribution in [-0.2, 0) is 0 Å². The molecule has 0 atom stereocenters. The van der Waals surface area contributed by atoms with Crippen LogP contribution >= 0.6 is 0 Å². The summed E-state index contributed by atoms with van der Waals surface area (Å²) in [6, 6.07) is 4.93. The van der Waals surface area contributed by atoms with Crippen molar-refractivity contribution in [2.45, 2.75) is 44.7 Å². The third-order valence-electron chi connectivity index (χ3n) is 3.12. The number of hydrogen-bond donors (Lipinski definition) is 1. The number of rotatable bonds is 3. The van der Waals surface area contributed by atoms with Crippen molar-refractivity contribution in [2.75, 3.05) is 5.32 Å². The van der Waals surface area contributed by atoms with Gasteiger partial charge in [-0.3, -0.25) is 4.79 Å². The summed E-state index contributed by atoms with van der Waals surface area (Å²) in [7, 11) is 0. The highest BCUT2D eigenvalue weighted by atomic mass is 16.1. The molecule has 0 bridgehead atoms. The fraction of sp³-hybridized carbons (Fsp3) is 0.583. The van der Waals surface area contributed by atoms with E-state index in [0.29, 0.717) is 12.1 Å². The van der Waals surface area contributed by atoms with E-state index in [1.807, 2.05) is 11.5 Å². The Morgan fingerprint density at radius 2 is 2.00 bits per heavy atom. The maximum atomic E-state index is 11.9. The van der Waals surface area contributed by atoms with Crippen molar-refractivity contribution in [3.8, 4) is 0 Å². The number of aromatic nitrogens is 1. The topological polar surface area (TPSA) is 34.0 Å². The van der Waals surface area contributed by atoms with E-state index < -0.39 is 0 Å². The van der Waals surface area contributed by atoms with Gasteiger partial charge in [-0.2, -0.15) is 0 Å². The van der Waals surface area contributed by atoms with Crippen molar-refractivity contribution in [1.82, 2.24) is 4.57 Å². The molecule has 2 saturated carbocycles. The van der Waals surface area contributed by atoms with Gasteiger partial charge in [-0.1, -0.05) is 0 Å². The van der Waals surface area contributed by atoms with Crippen LogP contribution in [0.3, 0.4) is 0 Å². The number of aryl methyl sites for hydroxylation is 1. The van der Waals surface area contributed by atoms with Crippen LogP contribution < -0.4 is 10.9 Å². The van der Waals surface area contributed by atoms with Crippen LogP contribution in [0.5, 0.6) is 0 Å². The molecule has 0 spiro atoms. The quantitative estimate of drug-likeness (QED) is 0.817. The molecule has 80 valence electrons. The second-order valence-electron chi connectivity index (χ2n) is 4.74. The van der Waals surface area contributed by atoms with Crippen molar-refractivity contribution >= 4 is 5.69 Å². The van der Waals surface area contributed by atoms with Crippen LogP contribution in [0.4, 0.5) is 5.69 Å². The van der Waals surface area contributed by atoms with E-state index in [4.69, 9.17) is 0 Å². The maximum absolute atomic E-state index is 11.9. The van der Waals surface area contributed by atoms with Crippen molar-refractivity contribution in [1.29, 1.82) is 0 Å². The largest absolute Gasteiger partial charge is 0.382 e. The molecule has 0 aliphatic heterocycles. The predicted molar refractivity (Wildman–Crippen MR) is 60.4 cm³/mol. The summed E-state index contributed by atoms with van der Waals surface area (Å²) >= 11 is 0. The first kappa shape index (κ1) is 9.01. The monoisotopic (exact) mass is 204 g/mol. The minimum atomic E-state index is 0.153. The van der Waals surface area contributed by atoms with Gasteiger partial charge in [-0.15, -0.1) is 0 Å². The van der Waals surface area contributed by atoms with Gasteiger partial charge in [0.15, 0.2) is 0 Å². The van der Waals surface area contributed by atoms with Crippen LogP contribution in [-0.4, -0.2) is 10.6 Å². The molecule has 2 aliphatic rings. The zero-order chi connectivity index (χ0) is 10.4. The van der Waals surface area contributed by atoms with E-state index in [1.54, 1.807) is 6.07 Å². The molecule has 1 aromatic heterocycles. The minimum Gasteiger partial charge on any atom is -0.382 e. The molecule has 2 aliphatic carbocycles.